The SMILES string of the molecule is CCCCC(CC)CNc1nnc(C)c2ccccc12. The van der Waals surface area contributed by atoms with Crippen LogP contribution in [-0.2, 0) is 0 Å². The Morgan fingerprint density at radius 3 is 2.55 bits per heavy atom. The molecule has 0 saturated heterocycles. The first-order valence-electron chi connectivity index (χ1n) is 7.72. The van der Waals surface area contributed by atoms with Crippen LogP contribution in [-0.4, -0.2) is 16.7 Å². The summed E-state index contributed by atoms with van der Waals surface area (Å²) in [5.41, 5.74) is 0.990. The van der Waals surface area contributed by atoms with E-state index in [1.165, 1.54) is 36.5 Å². The van der Waals surface area contributed by atoms with Crippen molar-refractivity contribution in [2.24, 2.45) is 5.92 Å². The van der Waals surface area contributed by atoms with Gasteiger partial charge in [0.25, 0.3) is 0 Å². The van der Waals surface area contributed by atoms with Crippen molar-refractivity contribution in [1.29, 1.82) is 0 Å². The summed E-state index contributed by atoms with van der Waals surface area (Å²) in [5.74, 6) is 1.64. The maximum atomic E-state index is 4.33. The highest BCUT2D eigenvalue weighted by molar-refractivity contribution is 5.92. The zero-order chi connectivity index (χ0) is 14.4. The topological polar surface area (TPSA) is 37.8 Å². The quantitative estimate of drug-likeness (QED) is 0.801. The van der Waals surface area contributed by atoms with Crippen molar-refractivity contribution in [3.63, 3.8) is 0 Å². The van der Waals surface area contributed by atoms with Gasteiger partial charge < -0.3 is 5.32 Å². The highest BCUT2D eigenvalue weighted by Gasteiger charge is 2.09. The fourth-order valence-corrected chi connectivity index (χ4v) is 2.55. The van der Waals surface area contributed by atoms with Gasteiger partial charge in [-0.1, -0.05) is 57.4 Å². The lowest BCUT2D eigenvalue weighted by atomic mass is 9.99. The third kappa shape index (κ3) is 3.47. The molecule has 0 aliphatic carbocycles. The van der Waals surface area contributed by atoms with Crippen LogP contribution in [0.4, 0.5) is 5.82 Å². The van der Waals surface area contributed by atoms with E-state index in [9.17, 15) is 0 Å². The first-order valence-corrected chi connectivity index (χ1v) is 7.72. The van der Waals surface area contributed by atoms with Crippen LogP contribution in [0.15, 0.2) is 24.3 Å². The standard InChI is InChI=1S/C17H25N3/c1-4-6-9-14(5-2)12-18-17-16-11-8-7-10-15(16)13(3)19-20-17/h7-8,10-11,14H,4-6,9,12H2,1-3H3,(H,18,20). The number of aromatic nitrogens is 2. The minimum Gasteiger partial charge on any atom is -0.368 e. The van der Waals surface area contributed by atoms with Gasteiger partial charge in [0.1, 0.15) is 0 Å². The van der Waals surface area contributed by atoms with Crippen LogP contribution in [0.1, 0.15) is 45.2 Å². The number of anilines is 1. The second kappa shape index (κ2) is 7.22. The smallest absolute Gasteiger partial charge is 0.156 e. The van der Waals surface area contributed by atoms with Gasteiger partial charge in [0.05, 0.1) is 5.69 Å². The molecule has 20 heavy (non-hydrogen) atoms. The van der Waals surface area contributed by atoms with Crippen LogP contribution in [0.3, 0.4) is 0 Å². The van der Waals surface area contributed by atoms with Crippen LogP contribution in [0.25, 0.3) is 10.8 Å². The Hall–Kier alpha value is -1.64. The third-order valence-electron chi connectivity index (χ3n) is 3.97. The predicted octanol–water partition coefficient (Wildman–Crippen LogP) is 4.57. The first kappa shape index (κ1) is 14.8. The Bertz CT molecular complexity index is 551. The second-order valence-corrected chi connectivity index (χ2v) is 5.48. The molecule has 1 unspecified atom stereocenters. The molecule has 0 amide bonds. The van der Waals surface area contributed by atoms with Crippen LogP contribution in [0, 0.1) is 12.8 Å². The summed E-state index contributed by atoms with van der Waals surface area (Å²) in [6, 6.07) is 8.34. The van der Waals surface area contributed by atoms with Gasteiger partial charge in [0.15, 0.2) is 5.82 Å². The Kier molecular flexibility index (Phi) is 5.33. The van der Waals surface area contributed by atoms with E-state index in [0.717, 1.165) is 24.0 Å². The number of benzene rings is 1. The molecule has 2 rings (SSSR count). The summed E-state index contributed by atoms with van der Waals surface area (Å²) in [6.45, 7) is 7.51. The Morgan fingerprint density at radius 2 is 1.85 bits per heavy atom. The fourth-order valence-electron chi connectivity index (χ4n) is 2.55. The lowest BCUT2D eigenvalue weighted by Gasteiger charge is -2.16. The number of rotatable bonds is 7. The maximum Gasteiger partial charge on any atom is 0.156 e. The lowest BCUT2D eigenvalue weighted by Crippen LogP contribution is -2.15. The molecule has 0 spiro atoms. The molecule has 2 aromatic rings. The maximum absolute atomic E-state index is 4.33. The lowest BCUT2D eigenvalue weighted by molar-refractivity contribution is 0.472. The molecule has 0 saturated carbocycles. The Labute approximate surface area is 121 Å². The predicted molar refractivity (Wildman–Crippen MR) is 86.1 cm³/mol. The Morgan fingerprint density at radius 1 is 1.10 bits per heavy atom. The number of aryl methyl sites for hydroxylation is 1. The number of unbranched alkanes of at least 4 members (excludes halogenated alkanes) is 1. The fraction of sp³-hybridized carbons (Fsp3) is 0.529. The summed E-state index contributed by atoms with van der Waals surface area (Å²) >= 11 is 0. The van der Waals surface area contributed by atoms with E-state index < -0.39 is 0 Å². The van der Waals surface area contributed by atoms with Gasteiger partial charge in [-0.15, -0.1) is 5.10 Å². The van der Waals surface area contributed by atoms with Gasteiger partial charge in [0, 0.05) is 17.3 Å². The van der Waals surface area contributed by atoms with E-state index in [0.29, 0.717) is 0 Å². The van der Waals surface area contributed by atoms with Crippen molar-refractivity contribution in [3.05, 3.63) is 30.0 Å². The molecule has 1 aromatic heterocycles. The van der Waals surface area contributed by atoms with Crippen LogP contribution in [0.2, 0.25) is 0 Å². The molecule has 3 nitrogen and oxygen atoms in total. The molecule has 1 atom stereocenters. The van der Waals surface area contributed by atoms with Crippen molar-refractivity contribution >= 4 is 16.6 Å². The second-order valence-electron chi connectivity index (χ2n) is 5.48. The molecule has 108 valence electrons. The first-order chi connectivity index (χ1) is 9.76. The zero-order valence-corrected chi connectivity index (χ0v) is 12.8. The van der Waals surface area contributed by atoms with Gasteiger partial charge in [-0.05, 0) is 19.3 Å². The van der Waals surface area contributed by atoms with Crippen molar-refractivity contribution in [3.8, 4) is 0 Å². The number of nitrogens with zero attached hydrogens (tertiary/aromatic N) is 2. The zero-order valence-electron chi connectivity index (χ0n) is 12.8. The van der Waals surface area contributed by atoms with E-state index in [-0.39, 0.29) is 0 Å². The minimum atomic E-state index is 0.719. The summed E-state index contributed by atoms with van der Waals surface area (Å²) in [6.07, 6.45) is 5.08. The molecule has 0 radical (unpaired) electrons. The van der Waals surface area contributed by atoms with Crippen molar-refractivity contribution in [2.75, 3.05) is 11.9 Å². The normalized spacial score (nSPS) is 12.6. The molecule has 0 fully saturated rings. The van der Waals surface area contributed by atoms with E-state index in [4.69, 9.17) is 0 Å². The van der Waals surface area contributed by atoms with Crippen LogP contribution >= 0.6 is 0 Å². The van der Waals surface area contributed by atoms with E-state index in [1.54, 1.807) is 0 Å². The largest absolute Gasteiger partial charge is 0.368 e. The third-order valence-corrected chi connectivity index (χ3v) is 3.97. The molecule has 1 heterocycles. The molecular weight excluding hydrogens is 246 g/mol. The molecular formula is C17H25N3. The Balaban J connectivity index is 2.11. The van der Waals surface area contributed by atoms with Gasteiger partial charge >= 0.3 is 0 Å². The molecule has 0 bridgehead atoms. The molecule has 0 aliphatic heterocycles. The van der Waals surface area contributed by atoms with Crippen molar-refractivity contribution < 1.29 is 0 Å². The average molecular weight is 271 g/mol. The van der Waals surface area contributed by atoms with E-state index in [2.05, 4.69) is 53.6 Å². The highest BCUT2D eigenvalue weighted by Crippen LogP contribution is 2.23. The van der Waals surface area contributed by atoms with Gasteiger partial charge in [-0.3, -0.25) is 0 Å². The van der Waals surface area contributed by atoms with Crippen LogP contribution < -0.4 is 5.32 Å². The van der Waals surface area contributed by atoms with Gasteiger partial charge in [-0.25, -0.2) is 0 Å². The van der Waals surface area contributed by atoms with E-state index in [1.807, 2.05) is 6.92 Å². The summed E-state index contributed by atoms with van der Waals surface area (Å²) < 4.78 is 0. The highest BCUT2D eigenvalue weighted by atomic mass is 15.2. The summed E-state index contributed by atoms with van der Waals surface area (Å²) in [7, 11) is 0. The number of nitrogens with one attached hydrogen (secondary N) is 1. The average Bonchev–Trinajstić information content (AvgIpc) is 2.49. The molecule has 3 heteroatoms. The number of hydrogen-bond acceptors (Lipinski definition) is 3. The van der Waals surface area contributed by atoms with E-state index >= 15 is 0 Å². The number of fused-ring (bicyclic) bond motifs is 1. The monoisotopic (exact) mass is 271 g/mol. The molecule has 0 aliphatic rings. The molecule has 1 aromatic carbocycles. The molecule has 1 N–H and O–H groups in total. The summed E-state index contributed by atoms with van der Waals surface area (Å²) in [4.78, 5) is 0. The van der Waals surface area contributed by atoms with Gasteiger partial charge in [0.2, 0.25) is 0 Å². The van der Waals surface area contributed by atoms with Crippen LogP contribution in [0.5, 0.6) is 0 Å². The van der Waals surface area contributed by atoms with Crippen molar-refractivity contribution in [2.45, 2.75) is 46.5 Å². The van der Waals surface area contributed by atoms with Gasteiger partial charge in [-0.2, -0.15) is 5.10 Å². The number of hydrogen-bond donors (Lipinski definition) is 1. The summed E-state index contributed by atoms with van der Waals surface area (Å²) in [5, 5.41) is 14.5. The minimum absolute atomic E-state index is 0.719. The van der Waals surface area contributed by atoms with Crippen molar-refractivity contribution in [1.82, 2.24) is 10.2 Å².